The van der Waals surface area contributed by atoms with E-state index >= 15 is 0 Å². The van der Waals surface area contributed by atoms with Crippen molar-refractivity contribution in [2.75, 3.05) is 5.32 Å². The molecule has 0 saturated carbocycles. The molecular formula is C24H22N4O. The van der Waals surface area contributed by atoms with Crippen LogP contribution in [-0.2, 0) is 6.42 Å². The Bertz CT molecular complexity index is 1410. The van der Waals surface area contributed by atoms with E-state index in [1.807, 2.05) is 48.7 Å². The molecule has 29 heavy (non-hydrogen) atoms. The fourth-order valence-corrected chi connectivity index (χ4v) is 4.09. The molecule has 0 aliphatic rings. The van der Waals surface area contributed by atoms with Crippen LogP contribution in [0.1, 0.15) is 34.2 Å². The van der Waals surface area contributed by atoms with Gasteiger partial charge in [0.15, 0.2) is 0 Å². The van der Waals surface area contributed by atoms with Crippen LogP contribution in [0.3, 0.4) is 0 Å². The number of benzene rings is 2. The summed E-state index contributed by atoms with van der Waals surface area (Å²) in [7, 11) is 0. The van der Waals surface area contributed by atoms with E-state index in [0.29, 0.717) is 11.4 Å². The van der Waals surface area contributed by atoms with Gasteiger partial charge in [-0.1, -0.05) is 31.2 Å². The molecule has 5 aromatic rings. The number of nitrogens with zero attached hydrogens (tertiary/aromatic N) is 2. The topological polar surface area (TPSA) is 62.2 Å². The fraction of sp³-hybridized carbons (Fsp3) is 0.167. The quantitative estimate of drug-likeness (QED) is 0.439. The van der Waals surface area contributed by atoms with Crippen LogP contribution in [-0.4, -0.2) is 20.3 Å². The van der Waals surface area contributed by atoms with Gasteiger partial charge < -0.3 is 10.3 Å². The van der Waals surface area contributed by atoms with Gasteiger partial charge in [0.1, 0.15) is 11.3 Å². The van der Waals surface area contributed by atoms with E-state index in [0.717, 1.165) is 34.2 Å². The van der Waals surface area contributed by atoms with E-state index in [1.165, 1.54) is 16.5 Å². The summed E-state index contributed by atoms with van der Waals surface area (Å²) in [6, 6.07) is 16.3. The average molecular weight is 382 g/mol. The molecule has 3 heterocycles. The number of amides is 1. The van der Waals surface area contributed by atoms with E-state index in [1.54, 1.807) is 0 Å². The summed E-state index contributed by atoms with van der Waals surface area (Å²) in [5, 5.41) is 5.41. The van der Waals surface area contributed by atoms with Crippen LogP contribution < -0.4 is 5.32 Å². The molecule has 0 fully saturated rings. The largest absolute Gasteiger partial charge is 0.354 e. The first-order chi connectivity index (χ1) is 14.0. The number of pyridine rings is 1. The number of para-hydroxylation sites is 1. The zero-order valence-electron chi connectivity index (χ0n) is 16.7. The first-order valence-electron chi connectivity index (χ1n) is 9.85. The van der Waals surface area contributed by atoms with Gasteiger partial charge in [0.05, 0.1) is 5.69 Å². The summed E-state index contributed by atoms with van der Waals surface area (Å²) < 4.78 is 1.84. The lowest BCUT2D eigenvalue weighted by Gasteiger charge is -2.07. The average Bonchev–Trinajstić information content (AvgIpc) is 3.23. The number of nitrogens with one attached hydrogen (secondary N) is 2. The summed E-state index contributed by atoms with van der Waals surface area (Å²) in [5.41, 5.74) is 7.41. The van der Waals surface area contributed by atoms with Crippen LogP contribution in [0.15, 0.2) is 54.7 Å². The number of aryl methyl sites for hydroxylation is 3. The zero-order valence-corrected chi connectivity index (χ0v) is 16.7. The standard InChI is InChI=1S/C24H22N4O/c1-4-16-6-5-7-19-18-9-8-17(13-20(18)27-22(16)19)26-24(29)23-15(3)25-21-12-14(2)10-11-28(21)23/h5-13,27H,4H2,1-3H3,(H,26,29). The number of hydrogen-bond acceptors (Lipinski definition) is 2. The molecule has 0 atom stereocenters. The van der Waals surface area contributed by atoms with Gasteiger partial charge in [0.2, 0.25) is 0 Å². The van der Waals surface area contributed by atoms with Gasteiger partial charge in [-0.3, -0.25) is 9.20 Å². The minimum Gasteiger partial charge on any atom is -0.354 e. The second-order valence-corrected chi connectivity index (χ2v) is 7.51. The smallest absolute Gasteiger partial charge is 0.274 e. The zero-order chi connectivity index (χ0) is 20.1. The summed E-state index contributed by atoms with van der Waals surface area (Å²) >= 11 is 0. The van der Waals surface area contributed by atoms with E-state index < -0.39 is 0 Å². The predicted octanol–water partition coefficient (Wildman–Crippen LogP) is 5.40. The lowest BCUT2D eigenvalue weighted by atomic mass is 10.1. The van der Waals surface area contributed by atoms with E-state index in [2.05, 4.69) is 46.5 Å². The normalized spacial score (nSPS) is 11.6. The van der Waals surface area contributed by atoms with Crippen molar-refractivity contribution in [1.29, 1.82) is 0 Å². The number of aromatic nitrogens is 3. The van der Waals surface area contributed by atoms with Crippen molar-refractivity contribution in [2.24, 2.45) is 0 Å². The molecule has 0 spiro atoms. The van der Waals surface area contributed by atoms with Gasteiger partial charge >= 0.3 is 0 Å². The molecule has 0 radical (unpaired) electrons. The van der Waals surface area contributed by atoms with E-state index in [4.69, 9.17) is 0 Å². The van der Waals surface area contributed by atoms with Crippen LogP contribution in [0, 0.1) is 13.8 Å². The molecule has 5 nitrogen and oxygen atoms in total. The third-order valence-corrected chi connectivity index (χ3v) is 5.53. The lowest BCUT2D eigenvalue weighted by molar-refractivity contribution is 0.102. The van der Waals surface area contributed by atoms with Crippen molar-refractivity contribution in [1.82, 2.24) is 14.4 Å². The highest BCUT2D eigenvalue weighted by atomic mass is 16.2. The molecule has 0 bridgehead atoms. The summed E-state index contributed by atoms with van der Waals surface area (Å²) in [5.74, 6) is -0.163. The summed E-state index contributed by atoms with van der Waals surface area (Å²) in [4.78, 5) is 21.1. The SMILES string of the molecule is CCc1cccc2c1[nH]c1cc(NC(=O)c3c(C)nc4cc(C)ccn34)ccc12. The number of aromatic amines is 1. The van der Waals surface area contributed by atoms with E-state index in [9.17, 15) is 4.79 Å². The molecule has 0 saturated heterocycles. The minimum atomic E-state index is -0.163. The molecule has 5 heteroatoms. The maximum Gasteiger partial charge on any atom is 0.274 e. The highest BCUT2D eigenvalue weighted by Gasteiger charge is 2.17. The highest BCUT2D eigenvalue weighted by Crippen LogP contribution is 2.30. The van der Waals surface area contributed by atoms with Gasteiger partial charge in [0.25, 0.3) is 5.91 Å². The number of anilines is 1. The number of rotatable bonds is 3. The second kappa shape index (κ2) is 6.48. The van der Waals surface area contributed by atoms with Crippen molar-refractivity contribution in [3.8, 4) is 0 Å². The predicted molar refractivity (Wildman–Crippen MR) is 118 cm³/mol. The second-order valence-electron chi connectivity index (χ2n) is 7.51. The van der Waals surface area contributed by atoms with Crippen molar-refractivity contribution in [2.45, 2.75) is 27.2 Å². The molecule has 2 N–H and O–H groups in total. The lowest BCUT2D eigenvalue weighted by Crippen LogP contribution is -2.15. The maximum absolute atomic E-state index is 13.0. The Hall–Kier alpha value is -3.60. The van der Waals surface area contributed by atoms with Gasteiger partial charge in [-0.05, 0) is 55.7 Å². The van der Waals surface area contributed by atoms with Crippen molar-refractivity contribution in [3.05, 3.63) is 77.2 Å². The summed E-state index contributed by atoms with van der Waals surface area (Å²) in [6.07, 6.45) is 2.87. The molecule has 0 aliphatic carbocycles. The van der Waals surface area contributed by atoms with Gasteiger partial charge in [-0.2, -0.15) is 0 Å². The molecule has 2 aromatic carbocycles. The van der Waals surface area contributed by atoms with Gasteiger partial charge in [-0.25, -0.2) is 4.98 Å². The monoisotopic (exact) mass is 382 g/mol. The Morgan fingerprint density at radius 3 is 2.79 bits per heavy atom. The molecule has 3 aromatic heterocycles. The molecule has 144 valence electrons. The number of hydrogen-bond donors (Lipinski definition) is 2. The Labute approximate surface area is 168 Å². The molecule has 1 amide bonds. The maximum atomic E-state index is 13.0. The third kappa shape index (κ3) is 2.78. The Balaban J connectivity index is 1.54. The number of carbonyl (C=O) groups is 1. The van der Waals surface area contributed by atoms with Crippen LogP contribution >= 0.6 is 0 Å². The van der Waals surface area contributed by atoms with Crippen LogP contribution in [0.4, 0.5) is 5.69 Å². The highest BCUT2D eigenvalue weighted by molar-refractivity contribution is 6.10. The summed E-state index contributed by atoms with van der Waals surface area (Å²) in [6.45, 7) is 6.04. The van der Waals surface area contributed by atoms with Crippen molar-refractivity contribution >= 4 is 39.0 Å². The number of carbonyl (C=O) groups excluding carboxylic acids is 1. The molecule has 5 rings (SSSR count). The van der Waals surface area contributed by atoms with Crippen molar-refractivity contribution in [3.63, 3.8) is 0 Å². The third-order valence-electron chi connectivity index (χ3n) is 5.53. The number of imidazole rings is 1. The minimum absolute atomic E-state index is 0.163. The first-order valence-corrected chi connectivity index (χ1v) is 9.85. The Morgan fingerprint density at radius 2 is 1.97 bits per heavy atom. The van der Waals surface area contributed by atoms with Crippen LogP contribution in [0.2, 0.25) is 0 Å². The number of fused-ring (bicyclic) bond motifs is 4. The number of H-pyrrole nitrogens is 1. The fourth-order valence-electron chi connectivity index (χ4n) is 4.09. The van der Waals surface area contributed by atoms with E-state index in [-0.39, 0.29) is 5.91 Å². The molecule has 0 aliphatic heterocycles. The Kier molecular flexibility index (Phi) is 3.91. The molecular weight excluding hydrogens is 360 g/mol. The van der Waals surface area contributed by atoms with Gasteiger partial charge in [0, 0.05) is 33.7 Å². The molecule has 0 unspecified atom stereocenters. The first kappa shape index (κ1) is 17.5. The Morgan fingerprint density at radius 1 is 1.10 bits per heavy atom. The van der Waals surface area contributed by atoms with Gasteiger partial charge in [-0.15, -0.1) is 0 Å². The van der Waals surface area contributed by atoms with Crippen LogP contribution in [0.25, 0.3) is 27.5 Å². The van der Waals surface area contributed by atoms with Crippen molar-refractivity contribution < 1.29 is 4.79 Å². The van der Waals surface area contributed by atoms with Crippen LogP contribution in [0.5, 0.6) is 0 Å².